The molecule has 2 amide bonds. The Labute approximate surface area is 161 Å². The third kappa shape index (κ3) is 4.86. The summed E-state index contributed by atoms with van der Waals surface area (Å²) in [6.45, 7) is 1.43. The first-order chi connectivity index (χ1) is 13.0. The number of para-hydroxylation sites is 3. The maximum Gasteiger partial charge on any atom is 0.255 e. The molecule has 0 bridgehead atoms. The molecule has 0 saturated carbocycles. The van der Waals surface area contributed by atoms with Gasteiger partial charge in [-0.25, -0.2) is 0 Å². The summed E-state index contributed by atoms with van der Waals surface area (Å²) in [6, 6.07) is 20.8. The van der Waals surface area contributed by atoms with Gasteiger partial charge in [0.1, 0.15) is 5.75 Å². The van der Waals surface area contributed by atoms with Gasteiger partial charge in [-0.2, -0.15) is 0 Å². The van der Waals surface area contributed by atoms with Crippen molar-refractivity contribution in [3.8, 4) is 11.5 Å². The van der Waals surface area contributed by atoms with E-state index in [9.17, 15) is 9.59 Å². The van der Waals surface area contributed by atoms with Crippen LogP contribution in [0.3, 0.4) is 0 Å². The van der Waals surface area contributed by atoms with Crippen molar-refractivity contribution >= 4 is 34.8 Å². The lowest BCUT2D eigenvalue weighted by Gasteiger charge is -2.13. The molecule has 27 heavy (non-hydrogen) atoms. The van der Waals surface area contributed by atoms with Gasteiger partial charge < -0.3 is 15.4 Å². The predicted molar refractivity (Wildman–Crippen MR) is 107 cm³/mol. The minimum absolute atomic E-state index is 0.169. The number of carbonyl (C=O) groups is 2. The highest BCUT2D eigenvalue weighted by Crippen LogP contribution is 2.33. The average Bonchev–Trinajstić information content (AvgIpc) is 2.65. The highest BCUT2D eigenvalue weighted by molar-refractivity contribution is 6.32. The van der Waals surface area contributed by atoms with Gasteiger partial charge in [-0.3, -0.25) is 9.59 Å². The van der Waals surface area contributed by atoms with Crippen LogP contribution in [0.4, 0.5) is 11.4 Å². The van der Waals surface area contributed by atoms with E-state index < -0.39 is 0 Å². The van der Waals surface area contributed by atoms with Gasteiger partial charge in [-0.15, -0.1) is 0 Å². The van der Waals surface area contributed by atoms with E-state index in [2.05, 4.69) is 10.6 Å². The summed E-state index contributed by atoms with van der Waals surface area (Å²) in [7, 11) is 0. The Balaban J connectivity index is 1.76. The van der Waals surface area contributed by atoms with Crippen LogP contribution in [-0.4, -0.2) is 11.8 Å². The normalized spacial score (nSPS) is 10.1. The topological polar surface area (TPSA) is 67.4 Å². The molecule has 2 N–H and O–H groups in total. The van der Waals surface area contributed by atoms with Gasteiger partial charge >= 0.3 is 0 Å². The Kier molecular flexibility index (Phi) is 5.74. The molecule has 0 saturated heterocycles. The number of amides is 2. The Morgan fingerprint density at radius 1 is 0.815 bits per heavy atom. The van der Waals surface area contributed by atoms with Gasteiger partial charge in [0.25, 0.3) is 5.91 Å². The van der Waals surface area contributed by atoms with Crippen molar-refractivity contribution in [2.24, 2.45) is 0 Å². The summed E-state index contributed by atoms with van der Waals surface area (Å²) in [4.78, 5) is 23.6. The Bertz CT molecular complexity index is 971. The average molecular weight is 381 g/mol. The molecule has 0 unspecified atom stereocenters. The minimum Gasteiger partial charge on any atom is -0.454 e. The molecule has 0 heterocycles. The SMILES string of the molecule is CC(=O)Nc1ccc(C(=O)Nc2ccccc2Oc2ccccc2Cl)cc1. The number of benzene rings is 3. The second-order valence-electron chi connectivity index (χ2n) is 5.74. The first-order valence-electron chi connectivity index (χ1n) is 8.23. The van der Waals surface area contributed by atoms with Gasteiger partial charge in [0.05, 0.1) is 10.7 Å². The maximum absolute atomic E-state index is 12.5. The minimum atomic E-state index is -0.292. The zero-order valence-electron chi connectivity index (χ0n) is 14.5. The molecule has 3 aromatic rings. The fourth-order valence-electron chi connectivity index (χ4n) is 2.41. The number of ether oxygens (including phenoxy) is 1. The molecule has 0 atom stereocenters. The van der Waals surface area contributed by atoms with Crippen LogP contribution in [0.1, 0.15) is 17.3 Å². The number of anilines is 2. The first kappa shape index (κ1) is 18.5. The lowest BCUT2D eigenvalue weighted by Crippen LogP contribution is -2.13. The summed E-state index contributed by atoms with van der Waals surface area (Å²) in [5.74, 6) is 0.520. The molecule has 6 heteroatoms. The summed E-state index contributed by atoms with van der Waals surface area (Å²) in [6.07, 6.45) is 0. The molecule has 136 valence electrons. The van der Waals surface area contributed by atoms with Crippen molar-refractivity contribution in [3.05, 3.63) is 83.4 Å². The maximum atomic E-state index is 12.5. The Hall–Kier alpha value is -3.31. The third-order valence-electron chi connectivity index (χ3n) is 3.66. The molecular formula is C21H17ClN2O3. The largest absolute Gasteiger partial charge is 0.454 e. The Morgan fingerprint density at radius 3 is 2.11 bits per heavy atom. The van der Waals surface area contributed by atoms with E-state index in [-0.39, 0.29) is 11.8 Å². The van der Waals surface area contributed by atoms with E-state index in [1.165, 1.54) is 6.92 Å². The lowest BCUT2D eigenvalue weighted by molar-refractivity contribution is -0.114. The molecule has 0 fully saturated rings. The highest BCUT2D eigenvalue weighted by atomic mass is 35.5. The summed E-state index contributed by atoms with van der Waals surface area (Å²) in [5, 5.41) is 5.97. The number of rotatable bonds is 5. The van der Waals surface area contributed by atoms with E-state index in [4.69, 9.17) is 16.3 Å². The van der Waals surface area contributed by atoms with Crippen LogP contribution >= 0.6 is 11.6 Å². The number of hydrogen-bond acceptors (Lipinski definition) is 3. The van der Waals surface area contributed by atoms with Gasteiger partial charge in [-0.1, -0.05) is 35.9 Å². The van der Waals surface area contributed by atoms with Crippen LogP contribution < -0.4 is 15.4 Å². The van der Waals surface area contributed by atoms with Crippen LogP contribution in [0, 0.1) is 0 Å². The number of nitrogens with one attached hydrogen (secondary N) is 2. The van der Waals surface area contributed by atoms with Crippen molar-refractivity contribution in [2.75, 3.05) is 10.6 Å². The van der Waals surface area contributed by atoms with E-state index in [0.29, 0.717) is 33.5 Å². The molecule has 3 aromatic carbocycles. The molecule has 0 radical (unpaired) electrons. The molecule has 0 aliphatic carbocycles. The molecule has 0 aliphatic heterocycles. The zero-order valence-corrected chi connectivity index (χ0v) is 15.3. The predicted octanol–water partition coefficient (Wildman–Crippen LogP) is 5.34. The number of carbonyl (C=O) groups excluding carboxylic acids is 2. The van der Waals surface area contributed by atoms with Crippen LogP contribution in [0.5, 0.6) is 11.5 Å². The third-order valence-corrected chi connectivity index (χ3v) is 3.97. The standard InChI is InChI=1S/C21H17ClN2O3/c1-14(25)23-16-12-10-15(11-13-16)21(26)24-18-7-3-5-9-20(18)27-19-8-4-2-6-17(19)22/h2-13H,1H3,(H,23,25)(H,24,26). The summed E-state index contributed by atoms with van der Waals surface area (Å²) in [5.41, 5.74) is 1.60. The van der Waals surface area contributed by atoms with E-state index in [1.54, 1.807) is 54.6 Å². The molecular weight excluding hydrogens is 364 g/mol. The fourth-order valence-corrected chi connectivity index (χ4v) is 2.58. The molecule has 0 spiro atoms. The highest BCUT2D eigenvalue weighted by Gasteiger charge is 2.11. The molecule has 3 rings (SSSR count). The number of hydrogen-bond donors (Lipinski definition) is 2. The van der Waals surface area contributed by atoms with Crippen LogP contribution in [0.2, 0.25) is 5.02 Å². The van der Waals surface area contributed by atoms with Crippen molar-refractivity contribution in [1.82, 2.24) is 0 Å². The van der Waals surface area contributed by atoms with Crippen molar-refractivity contribution < 1.29 is 14.3 Å². The monoisotopic (exact) mass is 380 g/mol. The first-order valence-corrected chi connectivity index (χ1v) is 8.61. The van der Waals surface area contributed by atoms with E-state index >= 15 is 0 Å². The van der Waals surface area contributed by atoms with Crippen molar-refractivity contribution in [1.29, 1.82) is 0 Å². The number of halogens is 1. The van der Waals surface area contributed by atoms with Gasteiger partial charge in [0.15, 0.2) is 5.75 Å². The smallest absolute Gasteiger partial charge is 0.255 e. The van der Waals surface area contributed by atoms with Gasteiger partial charge in [0.2, 0.25) is 5.91 Å². The van der Waals surface area contributed by atoms with Crippen LogP contribution in [0.15, 0.2) is 72.8 Å². The zero-order chi connectivity index (χ0) is 19.2. The van der Waals surface area contributed by atoms with Crippen LogP contribution in [-0.2, 0) is 4.79 Å². The van der Waals surface area contributed by atoms with Gasteiger partial charge in [0, 0.05) is 18.2 Å². The fraction of sp³-hybridized carbons (Fsp3) is 0.0476. The summed E-state index contributed by atoms with van der Waals surface area (Å²) >= 11 is 6.14. The van der Waals surface area contributed by atoms with E-state index in [0.717, 1.165) is 0 Å². The molecule has 5 nitrogen and oxygen atoms in total. The van der Waals surface area contributed by atoms with Crippen molar-refractivity contribution in [2.45, 2.75) is 6.92 Å². The second-order valence-corrected chi connectivity index (χ2v) is 6.15. The lowest BCUT2D eigenvalue weighted by atomic mass is 10.2. The van der Waals surface area contributed by atoms with Crippen molar-refractivity contribution in [3.63, 3.8) is 0 Å². The molecule has 0 aromatic heterocycles. The van der Waals surface area contributed by atoms with E-state index in [1.807, 2.05) is 18.2 Å². The Morgan fingerprint density at radius 2 is 1.44 bits per heavy atom. The van der Waals surface area contributed by atoms with Gasteiger partial charge in [-0.05, 0) is 48.5 Å². The summed E-state index contributed by atoms with van der Waals surface area (Å²) < 4.78 is 5.85. The quantitative estimate of drug-likeness (QED) is 0.627. The van der Waals surface area contributed by atoms with Crippen LogP contribution in [0.25, 0.3) is 0 Å². The molecule has 0 aliphatic rings. The second kappa shape index (κ2) is 8.38.